The van der Waals surface area contributed by atoms with E-state index >= 15 is 0 Å². The Morgan fingerprint density at radius 1 is 1.14 bits per heavy atom. The van der Waals surface area contributed by atoms with Crippen LogP contribution in [0.15, 0.2) is 36.9 Å². The molecule has 0 aliphatic carbocycles. The van der Waals surface area contributed by atoms with Crippen LogP contribution in [0.2, 0.25) is 0 Å². The Morgan fingerprint density at radius 2 is 1.89 bits per heavy atom. The molecule has 1 aliphatic heterocycles. The Labute approximate surface area is 158 Å². The van der Waals surface area contributed by atoms with E-state index < -0.39 is 29.5 Å². The van der Waals surface area contributed by atoms with Gasteiger partial charge < -0.3 is 14.9 Å². The van der Waals surface area contributed by atoms with Crippen LogP contribution in [0.3, 0.4) is 0 Å². The number of hydrogen-bond donors (Lipinski definition) is 2. The second kappa shape index (κ2) is 7.08. The second-order valence-corrected chi connectivity index (χ2v) is 6.48. The van der Waals surface area contributed by atoms with Gasteiger partial charge in [0, 0.05) is 12.1 Å². The smallest absolute Gasteiger partial charge is 0.269 e. The zero-order chi connectivity index (χ0) is 19.8. The van der Waals surface area contributed by atoms with Gasteiger partial charge in [0.1, 0.15) is 24.1 Å². The summed E-state index contributed by atoms with van der Waals surface area (Å²) in [5.41, 5.74) is 2.30. The van der Waals surface area contributed by atoms with E-state index in [1.165, 1.54) is 24.8 Å². The van der Waals surface area contributed by atoms with Crippen molar-refractivity contribution in [2.75, 3.05) is 0 Å². The fourth-order valence-corrected chi connectivity index (χ4v) is 3.12. The van der Waals surface area contributed by atoms with E-state index in [-0.39, 0.29) is 5.69 Å². The number of aromatic nitrogens is 4. The van der Waals surface area contributed by atoms with Crippen molar-refractivity contribution in [2.24, 2.45) is 0 Å². The molecule has 0 amide bonds. The van der Waals surface area contributed by atoms with Crippen molar-refractivity contribution in [1.29, 1.82) is 0 Å². The summed E-state index contributed by atoms with van der Waals surface area (Å²) in [5, 5.41) is 30.9. The van der Waals surface area contributed by atoms with Gasteiger partial charge in [0.2, 0.25) is 0 Å². The molecule has 3 aromatic rings. The molecule has 0 radical (unpaired) electrons. The quantitative estimate of drug-likeness (QED) is 0.511. The molecule has 10 heteroatoms. The molecule has 10 nitrogen and oxygen atoms in total. The van der Waals surface area contributed by atoms with Crippen LogP contribution in [0.5, 0.6) is 0 Å². The predicted molar refractivity (Wildman–Crippen MR) is 98.9 cm³/mol. The van der Waals surface area contributed by atoms with Gasteiger partial charge in [-0.15, -0.1) is 0 Å². The number of fused-ring (bicyclic) bond motifs is 1. The topological polar surface area (TPSA) is 136 Å². The summed E-state index contributed by atoms with van der Waals surface area (Å²) in [4.78, 5) is 23.0. The van der Waals surface area contributed by atoms with Gasteiger partial charge in [-0.1, -0.05) is 6.08 Å². The molecule has 0 spiro atoms. The Kier molecular flexibility index (Phi) is 4.59. The van der Waals surface area contributed by atoms with Gasteiger partial charge in [-0.3, -0.25) is 14.7 Å². The zero-order valence-electron chi connectivity index (χ0n) is 14.8. The van der Waals surface area contributed by atoms with Gasteiger partial charge in [-0.05, 0) is 30.7 Å². The average molecular weight is 383 g/mol. The summed E-state index contributed by atoms with van der Waals surface area (Å²) < 4.78 is 7.19. The maximum atomic E-state index is 10.7. The lowest BCUT2D eigenvalue weighted by Crippen LogP contribution is -2.30. The highest BCUT2D eigenvalue weighted by atomic mass is 16.6. The number of nitro groups is 1. The lowest BCUT2D eigenvalue weighted by molar-refractivity contribution is -0.384. The molecule has 3 heterocycles. The van der Waals surface area contributed by atoms with Crippen LogP contribution in [0, 0.1) is 10.1 Å². The first-order valence-electron chi connectivity index (χ1n) is 8.57. The normalized spacial score (nSPS) is 25.0. The first-order valence-corrected chi connectivity index (χ1v) is 8.57. The number of ether oxygens (including phenoxy) is 1. The summed E-state index contributed by atoms with van der Waals surface area (Å²) in [7, 11) is 0. The number of nitrogens with zero attached hydrogens (tertiary/aromatic N) is 5. The van der Waals surface area contributed by atoms with Crippen molar-refractivity contribution < 1.29 is 19.9 Å². The van der Waals surface area contributed by atoms with Crippen LogP contribution in [0.4, 0.5) is 5.69 Å². The molecule has 1 saturated heterocycles. The molecule has 0 saturated carbocycles. The van der Waals surface area contributed by atoms with Crippen molar-refractivity contribution in [3.05, 3.63) is 58.3 Å². The summed E-state index contributed by atoms with van der Waals surface area (Å²) in [6.07, 6.45) is 2.95. The monoisotopic (exact) mass is 383 g/mol. The molecule has 2 N–H and O–H groups in total. The minimum absolute atomic E-state index is 0.0202. The third-order valence-corrected chi connectivity index (χ3v) is 4.68. The van der Waals surface area contributed by atoms with E-state index in [0.717, 1.165) is 5.56 Å². The molecule has 2 aromatic heterocycles. The van der Waals surface area contributed by atoms with Crippen molar-refractivity contribution in [3.63, 3.8) is 0 Å². The molecular formula is C18H17N5O5. The summed E-state index contributed by atoms with van der Waals surface area (Å²) in [6.45, 7) is 1.68. The number of non-ortho nitro benzene ring substituents is 1. The van der Waals surface area contributed by atoms with Crippen molar-refractivity contribution in [3.8, 4) is 0 Å². The van der Waals surface area contributed by atoms with Crippen LogP contribution in [0.1, 0.15) is 24.4 Å². The molecule has 144 valence electrons. The van der Waals surface area contributed by atoms with E-state index in [9.17, 15) is 20.3 Å². The number of benzene rings is 1. The van der Waals surface area contributed by atoms with Crippen molar-refractivity contribution >= 4 is 29.0 Å². The SMILES string of the molecule is C[C@H]1O[C@@H](n2cnc3c(/C=C/c4ccc([N+](=O)[O-])cc4)ncnc32)[C@H](O)[C@@H]1O. The number of rotatable bonds is 4. The molecule has 4 rings (SSSR count). The first kappa shape index (κ1) is 18.2. The molecular weight excluding hydrogens is 366 g/mol. The highest BCUT2D eigenvalue weighted by molar-refractivity contribution is 5.84. The lowest BCUT2D eigenvalue weighted by atomic mass is 10.1. The highest BCUT2D eigenvalue weighted by Gasteiger charge is 2.42. The molecule has 0 unspecified atom stereocenters. The van der Waals surface area contributed by atoms with Gasteiger partial charge in [-0.25, -0.2) is 15.0 Å². The third-order valence-electron chi connectivity index (χ3n) is 4.68. The number of hydrogen-bond acceptors (Lipinski definition) is 8. The standard InChI is InChI=1S/C18H17N5O5/c1-10-15(24)16(25)18(28-10)22-9-21-14-13(19-8-20-17(14)22)7-4-11-2-5-12(6-3-11)23(26)27/h2-10,15-16,18,24-25H,1H3/b7-4+/t10-,15-,16-,18-/m1/s1. The van der Waals surface area contributed by atoms with Gasteiger partial charge in [0.25, 0.3) is 5.69 Å². The molecule has 1 aliphatic rings. The molecule has 0 bridgehead atoms. The van der Waals surface area contributed by atoms with E-state index in [0.29, 0.717) is 16.9 Å². The molecule has 28 heavy (non-hydrogen) atoms. The fourth-order valence-electron chi connectivity index (χ4n) is 3.12. The van der Waals surface area contributed by atoms with Gasteiger partial charge in [0.05, 0.1) is 23.0 Å². The summed E-state index contributed by atoms with van der Waals surface area (Å²) in [6, 6.07) is 6.12. The number of aliphatic hydroxyl groups is 2. The van der Waals surface area contributed by atoms with Crippen LogP contribution in [0.25, 0.3) is 23.3 Å². The van der Waals surface area contributed by atoms with Gasteiger partial charge in [-0.2, -0.15) is 0 Å². The maximum absolute atomic E-state index is 10.7. The Balaban J connectivity index is 1.64. The third kappa shape index (κ3) is 3.13. The Morgan fingerprint density at radius 3 is 2.54 bits per heavy atom. The fraction of sp³-hybridized carbons (Fsp3) is 0.278. The van der Waals surface area contributed by atoms with Crippen LogP contribution in [-0.2, 0) is 4.74 Å². The predicted octanol–water partition coefficient (Wildman–Crippen LogP) is 1.54. The summed E-state index contributed by atoms with van der Waals surface area (Å²) in [5.74, 6) is 0. The Hall–Kier alpha value is -3.21. The van der Waals surface area contributed by atoms with Crippen LogP contribution < -0.4 is 0 Å². The minimum Gasteiger partial charge on any atom is -0.388 e. The van der Waals surface area contributed by atoms with E-state index in [4.69, 9.17) is 4.74 Å². The molecule has 1 aromatic carbocycles. The number of aliphatic hydroxyl groups excluding tert-OH is 2. The van der Waals surface area contributed by atoms with Gasteiger partial charge >= 0.3 is 0 Å². The first-order chi connectivity index (χ1) is 13.5. The lowest BCUT2D eigenvalue weighted by Gasteiger charge is -2.16. The van der Waals surface area contributed by atoms with E-state index in [2.05, 4.69) is 15.0 Å². The van der Waals surface area contributed by atoms with Crippen molar-refractivity contribution in [2.45, 2.75) is 31.5 Å². The van der Waals surface area contributed by atoms with E-state index in [1.807, 2.05) is 0 Å². The Bertz CT molecular complexity index is 1050. The number of imidazole rings is 1. The summed E-state index contributed by atoms with van der Waals surface area (Å²) >= 11 is 0. The van der Waals surface area contributed by atoms with Crippen LogP contribution in [-0.4, -0.2) is 53.0 Å². The molecule has 1 fully saturated rings. The van der Waals surface area contributed by atoms with E-state index in [1.54, 1.807) is 35.8 Å². The zero-order valence-corrected chi connectivity index (χ0v) is 14.8. The second-order valence-electron chi connectivity index (χ2n) is 6.48. The largest absolute Gasteiger partial charge is 0.388 e. The highest BCUT2D eigenvalue weighted by Crippen LogP contribution is 2.31. The van der Waals surface area contributed by atoms with Crippen LogP contribution >= 0.6 is 0 Å². The number of nitro benzene ring substituents is 1. The average Bonchev–Trinajstić information content (AvgIpc) is 3.23. The van der Waals surface area contributed by atoms with Gasteiger partial charge in [0.15, 0.2) is 11.9 Å². The maximum Gasteiger partial charge on any atom is 0.269 e. The van der Waals surface area contributed by atoms with Crippen molar-refractivity contribution in [1.82, 2.24) is 19.5 Å². The minimum atomic E-state index is -1.10. The molecule has 4 atom stereocenters.